The first-order valence-corrected chi connectivity index (χ1v) is 19.7. The molecule has 252 valence electrons. The maximum Gasteiger partial charge on any atom is 0.514 e. The van der Waals surface area contributed by atoms with Gasteiger partial charge in [-0.05, 0) is 64.2 Å². The molecule has 0 amide bonds. The number of hydrogen-bond donors (Lipinski definition) is 1. The predicted octanol–water partition coefficient (Wildman–Crippen LogP) is 12.2. The van der Waals surface area contributed by atoms with Crippen molar-refractivity contribution in [3.63, 3.8) is 0 Å². The zero-order valence-electron chi connectivity index (χ0n) is 28.2. The van der Waals surface area contributed by atoms with Gasteiger partial charge in [-0.15, -0.1) is 0 Å². The Kier molecular flexibility index (Phi) is 31.0. The number of rotatable bonds is 32. The maximum atomic E-state index is 12.2. The van der Waals surface area contributed by atoms with Gasteiger partial charge in [-0.2, -0.15) is 0 Å². The topological polar surface area (TPSA) is 95.7 Å². The van der Waals surface area contributed by atoms with E-state index in [9.17, 15) is 14.2 Å². The van der Waals surface area contributed by atoms with Gasteiger partial charge in [0.15, 0.2) is 0 Å². The standard InChI is InChI=1S/C36H68NO5P/c1-3-5-7-9-11-13-15-17-19-21-23-25-27-29-31-33-35(38)41-43(37,40)42-36(39)34-32-30-28-26-24-22-20-18-16-14-12-10-8-6-4-2/h17-20H,3-16,21-34H2,1-2H3,(H2,37,40). The highest BCUT2D eigenvalue weighted by Gasteiger charge is 2.27. The van der Waals surface area contributed by atoms with Gasteiger partial charge in [0.2, 0.25) is 0 Å². The molecule has 2 N–H and O–H groups in total. The number of hydrogen-bond acceptors (Lipinski definition) is 5. The lowest BCUT2D eigenvalue weighted by molar-refractivity contribution is -0.138. The Morgan fingerprint density at radius 1 is 0.465 bits per heavy atom. The van der Waals surface area contributed by atoms with Crippen LogP contribution in [0.4, 0.5) is 0 Å². The molecule has 0 aliphatic rings. The van der Waals surface area contributed by atoms with Crippen LogP contribution in [-0.2, 0) is 23.2 Å². The first-order chi connectivity index (χ1) is 20.9. The van der Waals surface area contributed by atoms with Crippen molar-refractivity contribution in [1.82, 2.24) is 0 Å². The Morgan fingerprint density at radius 3 is 1.02 bits per heavy atom. The summed E-state index contributed by atoms with van der Waals surface area (Å²) in [6.07, 6.45) is 39.9. The summed E-state index contributed by atoms with van der Waals surface area (Å²) in [4.78, 5) is 24.0. The van der Waals surface area contributed by atoms with Gasteiger partial charge in [0.05, 0.1) is 0 Å². The van der Waals surface area contributed by atoms with Gasteiger partial charge in [0, 0.05) is 12.8 Å². The van der Waals surface area contributed by atoms with E-state index >= 15 is 0 Å². The summed E-state index contributed by atoms with van der Waals surface area (Å²) in [5, 5.41) is 0. The Morgan fingerprint density at radius 2 is 0.721 bits per heavy atom. The average Bonchev–Trinajstić information content (AvgIpc) is 2.96. The van der Waals surface area contributed by atoms with Crippen LogP contribution in [0.2, 0.25) is 0 Å². The Balaban J connectivity index is 3.62. The number of allylic oxidation sites excluding steroid dienone is 4. The van der Waals surface area contributed by atoms with Gasteiger partial charge >= 0.3 is 19.7 Å². The van der Waals surface area contributed by atoms with E-state index in [4.69, 9.17) is 14.6 Å². The van der Waals surface area contributed by atoms with Crippen LogP contribution in [0.5, 0.6) is 0 Å². The molecule has 0 bridgehead atoms. The molecule has 0 aromatic carbocycles. The molecule has 6 nitrogen and oxygen atoms in total. The molecule has 0 aromatic rings. The minimum absolute atomic E-state index is 0.130. The van der Waals surface area contributed by atoms with Crippen molar-refractivity contribution in [1.29, 1.82) is 0 Å². The Labute approximate surface area is 266 Å². The molecule has 0 unspecified atom stereocenters. The highest BCUT2D eigenvalue weighted by atomic mass is 31.2. The second-order valence-corrected chi connectivity index (χ2v) is 13.6. The monoisotopic (exact) mass is 625 g/mol. The van der Waals surface area contributed by atoms with Crippen LogP contribution in [0.3, 0.4) is 0 Å². The summed E-state index contributed by atoms with van der Waals surface area (Å²) in [5.74, 6) is -1.34. The van der Waals surface area contributed by atoms with Crippen LogP contribution in [0.1, 0.15) is 194 Å². The third-order valence-corrected chi connectivity index (χ3v) is 8.66. The summed E-state index contributed by atoms with van der Waals surface area (Å²) in [6.45, 7) is 4.50. The number of carbonyl (C=O) groups is 2. The largest absolute Gasteiger partial charge is 0.514 e. The molecular weight excluding hydrogens is 557 g/mol. The summed E-state index contributed by atoms with van der Waals surface area (Å²) in [7, 11) is -4.20. The highest BCUT2D eigenvalue weighted by Crippen LogP contribution is 2.40. The normalized spacial score (nSPS) is 13.1. The molecule has 0 atom stereocenters. The van der Waals surface area contributed by atoms with Crippen molar-refractivity contribution in [2.45, 2.75) is 194 Å². The van der Waals surface area contributed by atoms with Gasteiger partial charge in [0.25, 0.3) is 0 Å². The lowest BCUT2D eigenvalue weighted by Crippen LogP contribution is -2.13. The molecule has 0 radical (unpaired) electrons. The van der Waals surface area contributed by atoms with E-state index in [0.717, 1.165) is 64.2 Å². The molecule has 0 rings (SSSR count). The zero-order chi connectivity index (χ0) is 31.7. The van der Waals surface area contributed by atoms with Crippen molar-refractivity contribution in [3.8, 4) is 0 Å². The maximum absolute atomic E-state index is 12.2. The van der Waals surface area contributed by atoms with Crippen LogP contribution in [-0.4, -0.2) is 11.9 Å². The zero-order valence-corrected chi connectivity index (χ0v) is 29.1. The van der Waals surface area contributed by atoms with Crippen LogP contribution in [0, 0.1) is 0 Å². The first-order valence-electron chi connectivity index (χ1n) is 18.0. The quantitative estimate of drug-likeness (QED) is 0.0454. The minimum atomic E-state index is -4.20. The molecule has 7 heteroatoms. The van der Waals surface area contributed by atoms with Gasteiger partial charge in [-0.25, -0.2) is 10.1 Å². The fraction of sp³-hybridized carbons (Fsp3) is 0.833. The van der Waals surface area contributed by atoms with E-state index in [1.807, 2.05) is 0 Å². The van der Waals surface area contributed by atoms with E-state index in [-0.39, 0.29) is 12.8 Å². The van der Waals surface area contributed by atoms with Crippen LogP contribution >= 0.6 is 7.75 Å². The molecule has 0 fully saturated rings. The Hall–Kier alpha value is -1.39. The molecule has 0 aliphatic heterocycles. The van der Waals surface area contributed by atoms with Gasteiger partial charge in [-0.3, -0.25) is 9.59 Å². The fourth-order valence-corrected chi connectivity index (χ4v) is 5.86. The minimum Gasteiger partial charge on any atom is -0.371 e. The number of nitrogens with two attached hydrogens (primary N) is 1. The molecule has 0 aliphatic carbocycles. The molecule has 0 heterocycles. The van der Waals surface area contributed by atoms with E-state index in [0.29, 0.717) is 12.8 Å². The molecule has 0 saturated heterocycles. The molecule has 0 aromatic heterocycles. The second-order valence-electron chi connectivity index (χ2n) is 12.1. The highest BCUT2D eigenvalue weighted by molar-refractivity contribution is 7.52. The van der Waals surface area contributed by atoms with E-state index in [1.54, 1.807) is 0 Å². The molecule has 0 saturated carbocycles. The SMILES string of the molecule is CCCCCCCCC=CCCCCCCCC(=O)OP(N)(=O)OC(=O)CCCCCCCC=CCCCCCCCC. The number of unbranched alkanes of at least 4 members (excludes halogenated alkanes) is 22. The van der Waals surface area contributed by atoms with Crippen LogP contribution < -0.4 is 5.50 Å². The van der Waals surface area contributed by atoms with Gasteiger partial charge in [0.1, 0.15) is 0 Å². The Bertz CT molecular complexity index is 694. The van der Waals surface area contributed by atoms with E-state index < -0.39 is 19.7 Å². The van der Waals surface area contributed by atoms with Crippen LogP contribution in [0.25, 0.3) is 0 Å². The van der Waals surface area contributed by atoms with E-state index in [2.05, 4.69) is 38.2 Å². The predicted molar refractivity (Wildman–Crippen MR) is 183 cm³/mol. The van der Waals surface area contributed by atoms with Gasteiger partial charge in [-0.1, -0.05) is 141 Å². The van der Waals surface area contributed by atoms with Crippen LogP contribution in [0.15, 0.2) is 24.3 Å². The van der Waals surface area contributed by atoms with Crippen molar-refractivity contribution >= 4 is 19.7 Å². The van der Waals surface area contributed by atoms with Crippen molar-refractivity contribution < 1.29 is 23.2 Å². The van der Waals surface area contributed by atoms with Crippen molar-refractivity contribution in [2.75, 3.05) is 0 Å². The number of carbonyl (C=O) groups excluding carboxylic acids is 2. The van der Waals surface area contributed by atoms with Gasteiger partial charge < -0.3 is 9.05 Å². The fourth-order valence-electron chi connectivity index (χ4n) is 5.07. The summed E-state index contributed by atoms with van der Waals surface area (Å²) in [5.41, 5.74) is 5.49. The summed E-state index contributed by atoms with van der Waals surface area (Å²) >= 11 is 0. The first kappa shape index (κ1) is 41.6. The smallest absolute Gasteiger partial charge is 0.371 e. The lowest BCUT2D eigenvalue weighted by Gasteiger charge is -2.13. The third kappa shape index (κ3) is 33.3. The summed E-state index contributed by atoms with van der Waals surface area (Å²) in [6, 6.07) is 0. The average molecular weight is 626 g/mol. The van der Waals surface area contributed by atoms with Crippen molar-refractivity contribution in [2.24, 2.45) is 5.50 Å². The molecule has 0 spiro atoms. The second kappa shape index (κ2) is 32.0. The lowest BCUT2D eigenvalue weighted by atomic mass is 10.1. The van der Waals surface area contributed by atoms with Crippen molar-refractivity contribution in [3.05, 3.63) is 24.3 Å². The third-order valence-electron chi connectivity index (χ3n) is 7.74. The summed E-state index contributed by atoms with van der Waals surface area (Å²) < 4.78 is 21.8. The molecular formula is C36H68NO5P. The molecule has 43 heavy (non-hydrogen) atoms. The van der Waals surface area contributed by atoms with E-state index in [1.165, 1.54) is 89.9 Å².